The standard InChI is InChI=1S/C10H8O4/c11-9(12)8(10(13)14)6-7-4-2-1-3-5-7/h1-6H,(H,11,12)(H,13,14)/p-2. The van der Waals surface area contributed by atoms with E-state index in [2.05, 4.69) is 0 Å². The Bertz CT molecular complexity index is 362. The van der Waals surface area contributed by atoms with Crippen LogP contribution in [0.25, 0.3) is 6.08 Å². The molecule has 0 unspecified atom stereocenters. The van der Waals surface area contributed by atoms with Crippen LogP contribution < -0.4 is 10.2 Å². The maximum atomic E-state index is 10.3. The van der Waals surface area contributed by atoms with E-state index in [-0.39, 0.29) is 0 Å². The molecule has 0 amide bonds. The Balaban J connectivity index is 3.06. The van der Waals surface area contributed by atoms with Gasteiger partial charge in [0.2, 0.25) is 0 Å². The molecular formula is C10H6O4-2. The van der Waals surface area contributed by atoms with E-state index < -0.39 is 17.5 Å². The molecule has 0 aliphatic carbocycles. The molecule has 0 saturated heterocycles. The van der Waals surface area contributed by atoms with Crippen LogP contribution in [-0.2, 0) is 9.59 Å². The Morgan fingerprint density at radius 3 is 1.93 bits per heavy atom. The van der Waals surface area contributed by atoms with Crippen LogP contribution in [0.4, 0.5) is 0 Å². The van der Waals surface area contributed by atoms with Gasteiger partial charge in [-0.15, -0.1) is 0 Å². The minimum atomic E-state index is -1.76. The van der Waals surface area contributed by atoms with Crippen molar-refractivity contribution in [3.63, 3.8) is 0 Å². The van der Waals surface area contributed by atoms with Crippen LogP contribution >= 0.6 is 0 Å². The largest absolute Gasteiger partial charge is 0.545 e. The van der Waals surface area contributed by atoms with Crippen molar-refractivity contribution in [1.29, 1.82) is 0 Å². The van der Waals surface area contributed by atoms with Gasteiger partial charge < -0.3 is 19.8 Å². The predicted molar refractivity (Wildman–Crippen MR) is 44.4 cm³/mol. The van der Waals surface area contributed by atoms with Gasteiger partial charge in [-0.2, -0.15) is 0 Å². The molecule has 0 aromatic heterocycles. The van der Waals surface area contributed by atoms with Crippen molar-refractivity contribution in [3.8, 4) is 0 Å². The number of rotatable bonds is 3. The molecule has 0 aliphatic rings. The van der Waals surface area contributed by atoms with Crippen LogP contribution in [0.2, 0.25) is 0 Å². The first-order chi connectivity index (χ1) is 6.61. The summed E-state index contributed by atoms with van der Waals surface area (Å²) in [6.45, 7) is 0. The number of hydrogen-bond acceptors (Lipinski definition) is 4. The third kappa shape index (κ3) is 2.45. The fourth-order valence-electron chi connectivity index (χ4n) is 0.917. The summed E-state index contributed by atoms with van der Waals surface area (Å²) < 4.78 is 0. The molecular weight excluding hydrogens is 184 g/mol. The van der Waals surface area contributed by atoms with Gasteiger partial charge in [-0.3, -0.25) is 0 Å². The zero-order chi connectivity index (χ0) is 10.6. The van der Waals surface area contributed by atoms with Gasteiger partial charge in [0.25, 0.3) is 0 Å². The molecule has 1 aromatic rings. The summed E-state index contributed by atoms with van der Waals surface area (Å²) in [5.74, 6) is -3.51. The highest BCUT2D eigenvalue weighted by Gasteiger charge is 1.99. The topological polar surface area (TPSA) is 80.3 Å². The van der Waals surface area contributed by atoms with E-state index in [1.54, 1.807) is 30.3 Å². The predicted octanol–water partition coefficient (Wildman–Crippen LogP) is -1.43. The zero-order valence-electron chi connectivity index (χ0n) is 7.10. The summed E-state index contributed by atoms with van der Waals surface area (Å²) in [7, 11) is 0. The number of aliphatic carboxylic acids is 2. The lowest BCUT2D eigenvalue weighted by atomic mass is 10.1. The van der Waals surface area contributed by atoms with Crippen LogP contribution in [0.3, 0.4) is 0 Å². The lowest BCUT2D eigenvalue weighted by Crippen LogP contribution is -2.36. The lowest BCUT2D eigenvalue weighted by molar-refractivity contribution is -0.311. The third-order valence-corrected chi connectivity index (χ3v) is 1.55. The molecule has 4 nitrogen and oxygen atoms in total. The van der Waals surface area contributed by atoms with Gasteiger partial charge in [0.15, 0.2) is 0 Å². The monoisotopic (exact) mass is 190 g/mol. The van der Waals surface area contributed by atoms with Gasteiger partial charge in [0.05, 0.1) is 11.9 Å². The van der Waals surface area contributed by atoms with E-state index in [0.717, 1.165) is 6.08 Å². The Morgan fingerprint density at radius 2 is 1.50 bits per heavy atom. The number of carbonyl (C=O) groups is 2. The molecule has 0 bridgehead atoms. The molecule has 0 saturated carbocycles. The smallest absolute Gasteiger partial charge is 0.0733 e. The molecule has 0 fully saturated rings. The molecule has 0 spiro atoms. The highest BCUT2D eigenvalue weighted by Crippen LogP contribution is 2.05. The third-order valence-electron chi connectivity index (χ3n) is 1.55. The second kappa shape index (κ2) is 4.23. The highest BCUT2D eigenvalue weighted by molar-refractivity contribution is 6.14. The maximum absolute atomic E-state index is 10.3. The number of hydrogen-bond donors (Lipinski definition) is 0. The number of carboxylic acid groups (broad SMARTS) is 2. The molecule has 1 aromatic carbocycles. The average molecular weight is 190 g/mol. The van der Waals surface area contributed by atoms with E-state index in [1.165, 1.54) is 0 Å². The number of carboxylic acids is 2. The first-order valence-corrected chi connectivity index (χ1v) is 3.80. The maximum Gasteiger partial charge on any atom is 0.0733 e. The second-order valence-electron chi connectivity index (χ2n) is 2.54. The SMILES string of the molecule is O=C([O-])C(=Cc1ccccc1)C(=O)[O-]. The molecule has 0 N–H and O–H groups in total. The fraction of sp³-hybridized carbons (Fsp3) is 0. The summed E-state index contributed by atoms with van der Waals surface area (Å²) in [4.78, 5) is 20.7. The van der Waals surface area contributed by atoms with Crippen molar-refractivity contribution >= 4 is 18.0 Å². The Hall–Kier alpha value is -2.10. The van der Waals surface area contributed by atoms with E-state index in [4.69, 9.17) is 0 Å². The average Bonchev–Trinajstić information content (AvgIpc) is 2.15. The van der Waals surface area contributed by atoms with E-state index in [0.29, 0.717) is 5.56 Å². The molecule has 0 radical (unpaired) electrons. The van der Waals surface area contributed by atoms with Gasteiger partial charge in [-0.05, 0) is 11.6 Å². The van der Waals surface area contributed by atoms with Gasteiger partial charge >= 0.3 is 0 Å². The van der Waals surface area contributed by atoms with E-state index >= 15 is 0 Å². The highest BCUT2D eigenvalue weighted by atomic mass is 16.4. The van der Waals surface area contributed by atoms with Crippen molar-refractivity contribution in [2.45, 2.75) is 0 Å². The molecule has 1 rings (SSSR count). The Morgan fingerprint density at radius 1 is 1.00 bits per heavy atom. The Labute approximate surface area is 80.1 Å². The molecule has 4 heteroatoms. The van der Waals surface area contributed by atoms with Crippen LogP contribution in [-0.4, -0.2) is 11.9 Å². The van der Waals surface area contributed by atoms with Crippen molar-refractivity contribution in [1.82, 2.24) is 0 Å². The fourth-order valence-corrected chi connectivity index (χ4v) is 0.917. The minimum Gasteiger partial charge on any atom is -0.545 e. The van der Waals surface area contributed by atoms with Crippen molar-refractivity contribution < 1.29 is 19.8 Å². The number of benzene rings is 1. The van der Waals surface area contributed by atoms with Crippen molar-refractivity contribution in [2.75, 3.05) is 0 Å². The second-order valence-corrected chi connectivity index (χ2v) is 2.54. The van der Waals surface area contributed by atoms with Crippen LogP contribution in [0.5, 0.6) is 0 Å². The molecule has 14 heavy (non-hydrogen) atoms. The minimum absolute atomic E-state index is 0.468. The van der Waals surface area contributed by atoms with Crippen LogP contribution in [0.1, 0.15) is 5.56 Å². The first-order valence-electron chi connectivity index (χ1n) is 3.80. The Kier molecular flexibility index (Phi) is 3.01. The molecule has 0 atom stereocenters. The first kappa shape index (κ1) is 9.98. The summed E-state index contributed by atoms with van der Waals surface area (Å²) >= 11 is 0. The van der Waals surface area contributed by atoms with E-state index in [1.807, 2.05) is 0 Å². The van der Waals surface area contributed by atoms with Crippen molar-refractivity contribution in [2.24, 2.45) is 0 Å². The lowest BCUT2D eigenvalue weighted by Gasteiger charge is -2.08. The summed E-state index contributed by atoms with van der Waals surface area (Å²) in [6.07, 6.45) is 0.991. The van der Waals surface area contributed by atoms with Crippen LogP contribution in [0.15, 0.2) is 35.9 Å². The van der Waals surface area contributed by atoms with Gasteiger partial charge in [-0.1, -0.05) is 30.3 Å². The molecule has 0 aliphatic heterocycles. The molecule has 72 valence electrons. The zero-order valence-corrected chi connectivity index (χ0v) is 7.10. The normalized spacial score (nSPS) is 9.14. The quantitative estimate of drug-likeness (QED) is 0.332. The summed E-state index contributed by atoms with van der Waals surface area (Å²) in [5.41, 5.74) is -0.396. The van der Waals surface area contributed by atoms with E-state index in [9.17, 15) is 19.8 Å². The van der Waals surface area contributed by atoms with Crippen molar-refractivity contribution in [3.05, 3.63) is 41.5 Å². The van der Waals surface area contributed by atoms with Gasteiger partial charge in [0.1, 0.15) is 0 Å². The van der Waals surface area contributed by atoms with Gasteiger partial charge in [0, 0.05) is 5.57 Å². The number of carbonyl (C=O) groups excluding carboxylic acids is 2. The van der Waals surface area contributed by atoms with Gasteiger partial charge in [-0.25, -0.2) is 0 Å². The molecule has 0 heterocycles. The van der Waals surface area contributed by atoms with Crippen LogP contribution in [0, 0.1) is 0 Å². The summed E-state index contributed by atoms with van der Waals surface area (Å²) in [5, 5.41) is 20.7. The summed E-state index contributed by atoms with van der Waals surface area (Å²) in [6, 6.07) is 8.20.